The molecule has 1 aliphatic carbocycles. The summed E-state index contributed by atoms with van der Waals surface area (Å²) in [5.41, 5.74) is 0.789. The van der Waals surface area contributed by atoms with E-state index in [0.717, 1.165) is 29.7 Å². The van der Waals surface area contributed by atoms with Crippen LogP contribution >= 0.6 is 11.3 Å². The number of H-pyrrole nitrogens is 1. The van der Waals surface area contributed by atoms with Gasteiger partial charge in [0, 0.05) is 10.3 Å². The molecule has 3 aromatic rings. The van der Waals surface area contributed by atoms with Gasteiger partial charge in [0.25, 0.3) is 11.5 Å². The quantitative estimate of drug-likeness (QED) is 0.531. The number of carbonyl (C=O) groups is 3. The molecule has 1 amide bonds. The van der Waals surface area contributed by atoms with Crippen LogP contribution in [0.15, 0.2) is 29.1 Å². The van der Waals surface area contributed by atoms with E-state index < -0.39 is 30.0 Å². The van der Waals surface area contributed by atoms with Gasteiger partial charge in [0.2, 0.25) is 0 Å². The second kappa shape index (κ2) is 9.53. The van der Waals surface area contributed by atoms with Crippen LogP contribution < -0.4 is 10.9 Å². The van der Waals surface area contributed by atoms with Crippen LogP contribution in [0.2, 0.25) is 0 Å². The molecule has 4 rings (SSSR count). The Kier molecular flexibility index (Phi) is 6.55. The molecule has 33 heavy (non-hydrogen) atoms. The molecule has 0 aliphatic heterocycles. The summed E-state index contributed by atoms with van der Waals surface area (Å²) in [6.45, 7) is 3.53. The van der Waals surface area contributed by atoms with Gasteiger partial charge in [-0.15, -0.1) is 11.3 Å². The summed E-state index contributed by atoms with van der Waals surface area (Å²) in [6, 6.07) is 6.48. The number of anilines is 1. The van der Waals surface area contributed by atoms with Crippen molar-refractivity contribution in [1.29, 1.82) is 0 Å². The summed E-state index contributed by atoms with van der Waals surface area (Å²) < 4.78 is 10.3. The van der Waals surface area contributed by atoms with Gasteiger partial charge >= 0.3 is 11.9 Å². The van der Waals surface area contributed by atoms with E-state index in [2.05, 4.69) is 22.4 Å². The summed E-state index contributed by atoms with van der Waals surface area (Å²) in [7, 11) is 0. The van der Waals surface area contributed by atoms with Gasteiger partial charge < -0.3 is 14.8 Å². The predicted octanol–water partition coefficient (Wildman–Crippen LogP) is 3.08. The van der Waals surface area contributed by atoms with Gasteiger partial charge in [0.15, 0.2) is 12.3 Å². The van der Waals surface area contributed by atoms with Gasteiger partial charge in [-0.2, -0.15) is 5.10 Å². The lowest BCUT2D eigenvalue weighted by atomic mass is 9.88. The minimum atomic E-state index is -0.845. The Morgan fingerprint density at radius 3 is 2.70 bits per heavy atom. The highest BCUT2D eigenvalue weighted by Gasteiger charge is 2.29. The Morgan fingerprint density at radius 2 is 1.94 bits per heavy atom. The van der Waals surface area contributed by atoms with Crippen molar-refractivity contribution in [1.82, 2.24) is 10.2 Å². The lowest BCUT2D eigenvalue weighted by molar-refractivity contribution is -0.119. The van der Waals surface area contributed by atoms with Gasteiger partial charge in [0.1, 0.15) is 5.00 Å². The maximum atomic E-state index is 12.6. The SMILES string of the molecule is CCOC(=O)c1c(NC(=O)COC(=O)c2n[nH]c(=O)c3ccccc23)sc2c1CCC(C)C2. The van der Waals surface area contributed by atoms with Gasteiger partial charge in [-0.05, 0) is 43.7 Å². The van der Waals surface area contributed by atoms with Crippen molar-refractivity contribution in [2.75, 3.05) is 18.5 Å². The third kappa shape index (κ3) is 4.65. The number of aromatic nitrogens is 2. The fourth-order valence-corrected chi connectivity index (χ4v) is 5.31. The number of amides is 1. The smallest absolute Gasteiger partial charge is 0.359 e. The lowest BCUT2D eigenvalue weighted by Gasteiger charge is -2.18. The van der Waals surface area contributed by atoms with Crippen LogP contribution in [0.1, 0.15) is 51.6 Å². The fourth-order valence-electron chi connectivity index (χ4n) is 3.89. The number of hydrogen-bond acceptors (Lipinski definition) is 8. The molecule has 0 saturated carbocycles. The third-order valence-electron chi connectivity index (χ3n) is 5.47. The van der Waals surface area contributed by atoms with Crippen LogP contribution in [0, 0.1) is 5.92 Å². The molecule has 1 aliphatic rings. The number of esters is 2. The summed E-state index contributed by atoms with van der Waals surface area (Å²) in [5, 5.41) is 9.76. The summed E-state index contributed by atoms with van der Waals surface area (Å²) in [4.78, 5) is 50.6. The Hall–Kier alpha value is -3.53. The Morgan fingerprint density at radius 1 is 1.18 bits per heavy atom. The Labute approximate surface area is 193 Å². The number of ether oxygens (including phenoxy) is 2. The van der Waals surface area contributed by atoms with Crippen LogP contribution in [0.5, 0.6) is 0 Å². The molecule has 0 spiro atoms. The van der Waals surface area contributed by atoms with E-state index in [1.54, 1.807) is 31.2 Å². The minimum absolute atomic E-state index is 0.0919. The zero-order chi connectivity index (χ0) is 23.5. The molecule has 172 valence electrons. The van der Waals surface area contributed by atoms with E-state index in [-0.39, 0.29) is 12.3 Å². The number of rotatable bonds is 6. The molecule has 0 saturated heterocycles. The highest BCUT2D eigenvalue weighted by atomic mass is 32.1. The molecule has 0 radical (unpaired) electrons. The van der Waals surface area contributed by atoms with Crippen molar-refractivity contribution >= 4 is 45.0 Å². The first-order valence-corrected chi connectivity index (χ1v) is 11.5. The molecular weight excluding hydrogens is 446 g/mol. The highest BCUT2D eigenvalue weighted by molar-refractivity contribution is 7.17. The molecule has 2 aromatic heterocycles. The molecule has 1 aromatic carbocycles. The predicted molar refractivity (Wildman–Crippen MR) is 123 cm³/mol. The average Bonchev–Trinajstić information content (AvgIpc) is 3.14. The van der Waals surface area contributed by atoms with E-state index >= 15 is 0 Å². The zero-order valence-electron chi connectivity index (χ0n) is 18.2. The first kappa shape index (κ1) is 22.7. The van der Waals surface area contributed by atoms with E-state index in [4.69, 9.17) is 9.47 Å². The highest BCUT2D eigenvalue weighted by Crippen LogP contribution is 2.40. The molecular formula is C23H23N3O6S. The van der Waals surface area contributed by atoms with Crippen LogP contribution in [0.3, 0.4) is 0 Å². The second-order valence-electron chi connectivity index (χ2n) is 7.85. The van der Waals surface area contributed by atoms with Crippen molar-refractivity contribution in [2.24, 2.45) is 5.92 Å². The zero-order valence-corrected chi connectivity index (χ0v) is 19.0. The number of aromatic amines is 1. The van der Waals surface area contributed by atoms with E-state index in [1.165, 1.54) is 11.3 Å². The van der Waals surface area contributed by atoms with E-state index in [9.17, 15) is 19.2 Å². The van der Waals surface area contributed by atoms with Crippen LogP contribution in [-0.4, -0.2) is 41.3 Å². The average molecular weight is 470 g/mol. The number of hydrogen-bond donors (Lipinski definition) is 2. The largest absolute Gasteiger partial charge is 0.462 e. The van der Waals surface area contributed by atoms with Crippen LogP contribution in [-0.2, 0) is 27.1 Å². The minimum Gasteiger partial charge on any atom is -0.462 e. The molecule has 2 N–H and O–H groups in total. The van der Waals surface area contributed by atoms with Crippen molar-refractivity contribution in [2.45, 2.75) is 33.1 Å². The van der Waals surface area contributed by atoms with E-state index in [0.29, 0.717) is 27.3 Å². The fraction of sp³-hybridized carbons (Fsp3) is 0.348. The lowest BCUT2D eigenvalue weighted by Crippen LogP contribution is -2.23. The topological polar surface area (TPSA) is 127 Å². The summed E-state index contributed by atoms with van der Waals surface area (Å²) in [5.74, 6) is -1.41. The molecule has 1 unspecified atom stereocenters. The Balaban J connectivity index is 1.50. The maximum absolute atomic E-state index is 12.6. The third-order valence-corrected chi connectivity index (χ3v) is 6.64. The Bertz CT molecular complexity index is 1300. The molecule has 0 fully saturated rings. The summed E-state index contributed by atoms with van der Waals surface area (Å²) >= 11 is 1.36. The molecule has 10 heteroatoms. The number of nitrogens with one attached hydrogen (secondary N) is 2. The van der Waals surface area contributed by atoms with Crippen molar-refractivity contribution in [3.05, 3.63) is 56.3 Å². The molecule has 1 atom stereocenters. The maximum Gasteiger partial charge on any atom is 0.359 e. The molecule has 0 bridgehead atoms. The molecule has 9 nitrogen and oxygen atoms in total. The number of fused-ring (bicyclic) bond motifs is 2. The van der Waals surface area contributed by atoms with Gasteiger partial charge in [0.05, 0.1) is 17.6 Å². The first-order chi connectivity index (χ1) is 15.9. The van der Waals surface area contributed by atoms with E-state index in [1.807, 2.05) is 0 Å². The monoisotopic (exact) mass is 469 g/mol. The van der Waals surface area contributed by atoms with Crippen molar-refractivity contribution in [3.8, 4) is 0 Å². The number of carbonyl (C=O) groups excluding carboxylic acids is 3. The van der Waals surface area contributed by atoms with Gasteiger partial charge in [-0.3, -0.25) is 9.59 Å². The second-order valence-corrected chi connectivity index (χ2v) is 8.95. The van der Waals surface area contributed by atoms with Crippen LogP contribution in [0.25, 0.3) is 10.8 Å². The van der Waals surface area contributed by atoms with Crippen molar-refractivity contribution in [3.63, 3.8) is 0 Å². The number of benzene rings is 1. The number of nitrogens with zero attached hydrogens (tertiary/aromatic N) is 1. The van der Waals surface area contributed by atoms with Crippen LogP contribution in [0.4, 0.5) is 5.00 Å². The van der Waals surface area contributed by atoms with Crippen molar-refractivity contribution < 1.29 is 23.9 Å². The number of thiophene rings is 1. The molecule has 2 heterocycles. The van der Waals surface area contributed by atoms with Gasteiger partial charge in [-0.1, -0.05) is 25.1 Å². The summed E-state index contributed by atoms with van der Waals surface area (Å²) in [6.07, 6.45) is 2.54. The van der Waals surface area contributed by atoms with Gasteiger partial charge in [-0.25, -0.2) is 14.7 Å². The standard InChI is InChI=1S/C23H23N3O6S/c1-3-31-22(29)18-15-9-8-12(2)10-16(15)33-21(18)24-17(27)11-32-23(30)19-13-6-4-5-7-14(13)20(28)26-25-19/h4-7,12H,3,8-11H2,1-2H3,(H,24,27)(H,26,28). The normalized spacial score (nSPS) is 15.0. The first-order valence-electron chi connectivity index (χ1n) is 10.6.